The molecule has 1 aromatic heterocycles. The van der Waals surface area contributed by atoms with Gasteiger partial charge in [-0.2, -0.15) is 5.26 Å². The highest BCUT2D eigenvalue weighted by atomic mass is 35.5. The lowest BCUT2D eigenvalue weighted by Crippen LogP contribution is -2.26. The maximum atomic E-state index is 12.0. The molecule has 1 N–H and O–H groups in total. The molecule has 0 saturated carbocycles. The van der Waals surface area contributed by atoms with Crippen molar-refractivity contribution >= 4 is 29.6 Å². The van der Waals surface area contributed by atoms with Crippen molar-refractivity contribution in [1.29, 1.82) is 5.26 Å². The van der Waals surface area contributed by atoms with Gasteiger partial charge in [-0.15, -0.1) is 0 Å². The number of ether oxygens (including phenoxy) is 1. The van der Waals surface area contributed by atoms with Gasteiger partial charge in [0.05, 0.1) is 11.0 Å². The summed E-state index contributed by atoms with van der Waals surface area (Å²) in [6.07, 6.45) is 1.96. The molecule has 140 valence electrons. The van der Waals surface area contributed by atoms with Crippen LogP contribution >= 0.6 is 11.6 Å². The minimum absolute atomic E-state index is 0.0224. The molecule has 8 heteroatoms. The van der Waals surface area contributed by atoms with E-state index in [1.165, 1.54) is 24.3 Å². The fraction of sp³-hybridized carbons (Fsp3) is 0.211. The van der Waals surface area contributed by atoms with Crippen LogP contribution in [0.2, 0.25) is 5.02 Å². The zero-order valence-corrected chi connectivity index (χ0v) is 15.2. The van der Waals surface area contributed by atoms with E-state index in [4.69, 9.17) is 20.8 Å². The van der Waals surface area contributed by atoms with Crippen LogP contribution in [0.3, 0.4) is 0 Å². The first-order chi connectivity index (χ1) is 13.0. The SMILES string of the molecule is COCCCNC(=O)/C(C#N)=C/c1ccc(-c2ccc(C(=O)[O-])c(Cl)c2)o1. The Labute approximate surface area is 160 Å². The minimum atomic E-state index is -1.37. The van der Waals surface area contributed by atoms with Crippen molar-refractivity contribution in [2.75, 3.05) is 20.3 Å². The number of hydrogen-bond acceptors (Lipinski definition) is 6. The molecule has 1 heterocycles. The Kier molecular flexibility index (Phi) is 7.17. The lowest BCUT2D eigenvalue weighted by molar-refractivity contribution is -0.255. The van der Waals surface area contributed by atoms with Crippen LogP contribution in [-0.4, -0.2) is 32.1 Å². The summed E-state index contributed by atoms with van der Waals surface area (Å²) in [7, 11) is 1.57. The molecule has 0 saturated heterocycles. The maximum Gasteiger partial charge on any atom is 0.262 e. The van der Waals surface area contributed by atoms with Crippen LogP contribution in [0.1, 0.15) is 22.5 Å². The van der Waals surface area contributed by atoms with E-state index in [9.17, 15) is 20.0 Å². The van der Waals surface area contributed by atoms with Crippen LogP contribution in [0.5, 0.6) is 0 Å². The van der Waals surface area contributed by atoms with Crippen molar-refractivity contribution in [3.63, 3.8) is 0 Å². The molecule has 0 aliphatic rings. The van der Waals surface area contributed by atoms with E-state index in [2.05, 4.69) is 5.32 Å². The first-order valence-electron chi connectivity index (χ1n) is 7.96. The Hall–Kier alpha value is -3.08. The van der Waals surface area contributed by atoms with Crippen LogP contribution in [0, 0.1) is 11.3 Å². The molecule has 0 aliphatic heterocycles. The average Bonchev–Trinajstić information content (AvgIpc) is 3.11. The quantitative estimate of drug-likeness (QED) is 0.421. The van der Waals surface area contributed by atoms with Gasteiger partial charge in [0.25, 0.3) is 5.91 Å². The highest BCUT2D eigenvalue weighted by Crippen LogP contribution is 2.27. The first-order valence-corrected chi connectivity index (χ1v) is 8.34. The highest BCUT2D eigenvalue weighted by molar-refractivity contribution is 6.33. The van der Waals surface area contributed by atoms with Gasteiger partial charge in [0.2, 0.25) is 0 Å². The first kappa shape index (κ1) is 20.2. The molecule has 0 fully saturated rings. The number of rotatable bonds is 8. The number of benzene rings is 1. The number of aromatic carboxylic acids is 1. The third-order valence-corrected chi connectivity index (χ3v) is 3.88. The van der Waals surface area contributed by atoms with Crippen molar-refractivity contribution in [1.82, 2.24) is 5.32 Å². The largest absolute Gasteiger partial charge is 0.545 e. The monoisotopic (exact) mass is 387 g/mol. The Morgan fingerprint density at radius 3 is 2.78 bits per heavy atom. The van der Waals surface area contributed by atoms with Crippen molar-refractivity contribution in [3.8, 4) is 17.4 Å². The third-order valence-electron chi connectivity index (χ3n) is 3.56. The molecule has 1 aromatic carbocycles. The zero-order chi connectivity index (χ0) is 19.8. The molecule has 2 aromatic rings. The number of nitrogens with zero attached hydrogens (tertiary/aromatic N) is 1. The summed E-state index contributed by atoms with van der Waals surface area (Å²) < 4.78 is 10.5. The number of hydrogen-bond donors (Lipinski definition) is 1. The maximum absolute atomic E-state index is 12.0. The number of carboxylic acids is 1. The summed E-state index contributed by atoms with van der Waals surface area (Å²) in [6, 6.07) is 9.33. The number of methoxy groups -OCH3 is 1. The predicted molar refractivity (Wildman–Crippen MR) is 96.6 cm³/mol. The van der Waals surface area contributed by atoms with Crippen LogP contribution in [0.25, 0.3) is 17.4 Å². The molecule has 0 unspecified atom stereocenters. The second-order valence-corrected chi connectivity index (χ2v) is 5.86. The Morgan fingerprint density at radius 2 is 2.15 bits per heavy atom. The fourth-order valence-electron chi connectivity index (χ4n) is 2.22. The number of carbonyl (C=O) groups excluding carboxylic acids is 2. The Morgan fingerprint density at radius 1 is 1.37 bits per heavy atom. The summed E-state index contributed by atoms with van der Waals surface area (Å²) in [5.41, 5.74) is 0.329. The summed E-state index contributed by atoms with van der Waals surface area (Å²) >= 11 is 5.92. The number of nitriles is 1. The Bertz CT molecular complexity index is 911. The van der Waals surface area contributed by atoms with Gasteiger partial charge in [0, 0.05) is 37.5 Å². The van der Waals surface area contributed by atoms with E-state index in [1.54, 1.807) is 19.2 Å². The molecule has 0 aliphatic carbocycles. The summed E-state index contributed by atoms with van der Waals surface area (Å²) in [4.78, 5) is 22.9. The lowest BCUT2D eigenvalue weighted by Gasteiger charge is -2.06. The summed E-state index contributed by atoms with van der Waals surface area (Å²) in [5, 5.41) is 22.7. The lowest BCUT2D eigenvalue weighted by atomic mass is 10.1. The molecule has 0 bridgehead atoms. The van der Waals surface area contributed by atoms with Gasteiger partial charge >= 0.3 is 0 Å². The van der Waals surface area contributed by atoms with E-state index >= 15 is 0 Å². The van der Waals surface area contributed by atoms with Crippen molar-refractivity contribution < 1.29 is 23.8 Å². The van der Waals surface area contributed by atoms with Crippen molar-refractivity contribution in [3.05, 3.63) is 52.3 Å². The molecule has 0 radical (unpaired) electrons. The van der Waals surface area contributed by atoms with Gasteiger partial charge < -0.3 is 24.4 Å². The van der Waals surface area contributed by atoms with E-state index in [0.29, 0.717) is 36.7 Å². The number of furan rings is 1. The van der Waals surface area contributed by atoms with Crippen molar-refractivity contribution in [2.24, 2.45) is 0 Å². The Balaban J connectivity index is 2.15. The predicted octanol–water partition coefficient (Wildman–Crippen LogP) is 2.02. The molecule has 0 atom stereocenters. The van der Waals surface area contributed by atoms with E-state index in [-0.39, 0.29) is 16.2 Å². The number of nitrogens with one attached hydrogen (secondary N) is 1. The van der Waals surface area contributed by atoms with Gasteiger partial charge in [-0.1, -0.05) is 23.7 Å². The smallest absolute Gasteiger partial charge is 0.262 e. The third kappa shape index (κ3) is 5.45. The van der Waals surface area contributed by atoms with E-state index in [1.807, 2.05) is 6.07 Å². The average molecular weight is 388 g/mol. The molecular formula is C19H16ClN2O5-. The van der Waals surface area contributed by atoms with Crippen LogP contribution < -0.4 is 10.4 Å². The standard InChI is InChI=1S/C19H17ClN2O5/c1-26-8-2-7-22-18(23)13(11-21)9-14-4-6-17(27-14)12-3-5-15(19(24)25)16(20)10-12/h3-6,9-10H,2,7-8H2,1H3,(H,22,23)(H,24,25)/p-1/b13-9+. The van der Waals surface area contributed by atoms with Gasteiger partial charge in [-0.25, -0.2) is 0 Å². The van der Waals surface area contributed by atoms with E-state index in [0.717, 1.165) is 0 Å². The second kappa shape index (κ2) is 9.57. The molecule has 2 rings (SSSR count). The zero-order valence-electron chi connectivity index (χ0n) is 14.5. The molecular weight excluding hydrogens is 372 g/mol. The molecule has 7 nitrogen and oxygen atoms in total. The van der Waals surface area contributed by atoms with Gasteiger partial charge in [-0.05, 0) is 24.6 Å². The number of carboxylic acid groups (broad SMARTS) is 1. The van der Waals surface area contributed by atoms with Crippen LogP contribution in [0.15, 0.2) is 40.3 Å². The molecule has 1 amide bonds. The second-order valence-electron chi connectivity index (χ2n) is 5.46. The summed E-state index contributed by atoms with van der Waals surface area (Å²) in [5.74, 6) is -1.17. The van der Waals surface area contributed by atoms with Gasteiger partial charge in [0.15, 0.2) is 0 Å². The normalized spacial score (nSPS) is 11.1. The van der Waals surface area contributed by atoms with Gasteiger partial charge in [-0.3, -0.25) is 4.79 Å². The minimum Gasteiger partial charge on any atom is -0.545 e. The fourth-order valence-corrected chi connectivity index (χ4v) is 2.48. The van der Waals surface area contributed by atoms with Crippen LogP contribution in [-0.2, 0) is 9.53 Å². The molecule has 0 spiro atoms. The number of carbonyl (C=O) groups is 2. The highest BCUT2D eigenvalue weighted by Gasteiger charge is 2.11. The number of halogens is 1. The molecule has 27 heavy (non-hydrogen) atoms. The van der Waals surface area contributed by atoms with Gasteiger partial charge in [0.1, 0.15) is 23.2 Å². The van der Waals surface area contributed by atoms with Crippen LogP contribution in [0.4, 0.5) is 0 Å². The summed E-state index contributed by atoms with van der Waals surface area (Å²) in [6.45, 7) is 0.894. The van der Waals surface area contributed by atoms with E-state index < -0.39 is 11.9 Å². The number of amides is 1. The topological polar surface area (TPSA) is 115 Å². The van der Waals surface area contributed by atoms with Crippen molar-refractivity contribution in [2.45, 2.75) is 6.42 Å².